The van der Waals surface area contributed by atoms with E-state index in [4.69, 9.17) is 9.47 Å². The predicted molar refractivity (Wildman–Crippen MR) is 112 cm³/mol. The number of amides is 2. The summed E-state index contributed by atoms with van der Waals surface area (Å²) in [6.45, 7) is 9.75. The van der Waals surface area contributed by atoms with Gasteiger partial charge in [0, 0.05) is 25.4 Å². The molecule has 8 heteroatoms. The summed E-state index contributed by atoms with van der Waals surface area (Å²) in [7, 11) is 0. The minimum Gasteiger partial charge on any atom is -0.464 e. The van der Waals surface area contributed by atoms with Gasteiger partial charge in [-0.05, 0) is 58.1 Å². The first kappa shape index (κ1) is 23.6. The van der Waals surface area contributed by atoms with Gasteiger partial charge in [0.2, 0.25) is 5.91 Å². The van der Waals surface area contributed by atoms with Gasteiger partial charge in [-0.25, -0.2) is 9.59 Å². The number of carbonyl (C=O) groups is 3. The van der Waals surface area contributed by atoms with Crippen molar-refractivity contribution in [1.29, 1.82) is 0 Å². The second-order valence-corrected chi connectivity index (χ2v) is 8.69. The van der Waals surface area contributed by atoms with Crippen LogP contribution in [0.1, 0.15) is 53.0 Å². The van der Waals surface area contributed by atoms with E-state index in [0.29, 0.717) is 18.9 Å². The van der Waals surface area contributed by atoms with Gasteiger partial charge in [-0.2, -0.15) is 0 Å². The van der Waals surface area contributed by atoms with Gasteiger partial charge < -0.3 is 19.7 Å². The van der Waals surface area contributed by atoms with Crippen LogP contribution in [0.3, 0.4) is 0 Å². The Balaban J connectivity index is 2.24. The zero-order valence-electron chi connectivity index (χ0n) is 18.5. The summed E-state index contributed by atoms with van der Waals surface area (Å²) in [5, 5.41) is 2.69. The molecule has 1 aliphatic heterocycles. The predicted octanol–water partition coefficient (Wildman–Crippen LogP) is 2.71. The zero-order valence-corrected chi connectivity index (χ0v) is 18.5. The fourth-order valence-electron chi connectivity index (χ4n) is 3.47. The number of carbonyl (C=O) groups excluding carboxylic acids is 3. The molecule has 0 unspecified atom stereocenters. The molecule has 0 spiro atoms. The molecule has 1 N–H and O–H groups in total. The number of aromatic nitrogens is 1. The van der Waals surface area contributed by atoms with E-state index in [9.17, 15) is 14.4 Å². The van der Waals surface area contributed by atoms with Crippen LogP contribution in [0.4, 0.5) is 4.79 Å². The van der Waals surface area contributed by atoms with Crippen molar-refractivity contribution in [2.45, 2.75) is 71.6 Å². The molecule has 0 aliphatic carbocycles. The Labute approximate surface area is 178 Å². The molecule has 0 saturated carbocycles. The first-order chi connectivity index (χ1) is 14.1. The molecule has 1 aromatic rings. The fraction of sp³-hybridized carbons (Fsp3) is 0.636. The number of likely N-dealkylation sites (tertiary alicyclic amines) is 1. The van der Waals surface area contributed by atoms with Gasteiger partial charge in [0.15, 0.2) is 0 Å². The maximum atomic E-state index is 13.5. The molecule has 30 heavy (non-hydrogen) atoms. The van der Waals surface area contributed by atoms with Gasteiger partial charge in [0.25, 0.3) is 0 Å². The van der Waals surface area contributed by atoms with E-state index in [1.165, 1.54) is 4.90 Å². The molecule has 1 fully saturated rings. The van der Waals surface area contributed by atoms with Gasteiger partial charge in [-0.1, -0.05) is 13.0 Å². The Morgan fingerprint density at radius 1 is 1.33 bits per heavy atom. The second-order valence-electron chi connectivity index (χ2n) is 8.69. The Morgan fingerprint density at radius 2 is 2.07 bits per heavy atom. The number of alkyl carbamates (subject to hydrolysis) is 1. The quantitative estimate of drug-likeness (QED) is 0.712. The SMILES string of the molecule is CCOC(=O)[C@H]1C[C@H](C)CCN1C(=O)[C@H](Cc1cccnc1)NC(=O)OC(C)(C)C. The number of nitrogens with zero attached hydrogens (tertiary/aromatic N) is 2. The summed E-state index contributed by atoms with van der Waals surface area (Å²) in [6.07, 6.45) is 4.18. The normalized spacial score (nSPS) is 20.2. The number of pyridine rings is 1. The number of piperidine rings is 1. The van der Waals surface area contributed by atoms with Crippen molar-refractivity contribution in [3.05, 3.63) is 30.1 Å². The van der Waals surface area contributed by atoms with Crippen molar-refractivity contribution in [2.75, 3.05) is 13.2 Å². The third-order valence-corrected chi connectivity index (χ3v) is 4.86. The van der Waals surface area contributed by atoms with Gasteiger partial charge in [0.1, 0.15) is 17.7 Å². The lowest BCUT2D eigenvalue weighted by Gasteiger charge is -2.38. The zero-order chi connectivity index (χ0) is 22.3. The van der Waals surface area contributed by atoms with Crippen LogP contribution in [0.15, 0.2) is 24.5 Å². The first-order valence-electron chi connectivity index (χ1n) is 10.5. The molecule has 1 aliphatic rings. The van der Waals surface area contributed by atoms with Crippen LogP contribution < -0.4 is 5.32 Å². The van der Waals surface area contributed by atoms with Crippen molar-refractivity contribution in [1.82, 2.24) is 15.2 Å². The largest absolute Gasteiger partial charge is 0.464 e. The molecule has 0 bridgehead atoms. The van der Waals surface area contributed by atoms with Gasteiger partial charge in [-0.15, -0.1) is 0 Å². The average Bonchev–Trinajstić information content (AvgIpc) is 2.66. The van der Waals surface area contributed by atoms with Gasteiger partial charge in [-0.3, -0.25) is 9.78 Å². The maximum Gasteiger partial charge on any atom is 0.408 e. The van der Waals surface area contributed by atoms with Crippen LogP contribution in [0, 0.1) is 5.92 Å². The molecule has 2 amide bonds. The molecule has 2 rings (SSSR count). The van der Waals surface area contributed by atoms with E-state index in [1.54, 1.807) is 46.2 Å². The molecular weight excluding hydrogens is 386 g/mol. The molecule has 3 atom stereocenters. The Kier molecular flexibility index (Phi) is 8.20. The molecule has 8 nitrogen and oxygen atoms in total. The number of ether oxygens (including phenoxy) is 2. The third kappa shape index (κ3) is 7.00. The first-order valence-corrected chi connectivity index (χ1v) is 10.5. The van der Waals surface area contributed by atoms with Crippen molar-refractivity contribution in [2.24, 2.45) is 5.92 Å². The molecular formula is C22H33N3O5. The van der Waals surface area contributed by atoms with Crippen LogP contribution in [0.5, 0.6) is 0 Å². The van der Waals surface area contributed by atoms with Gasteiger partial charge >= 0.3 is 12.1 Å². The molecule has 1 aromatic heterocycles. The van der Waals surface area contributed by atoms with Crippen LogP contribution >= 0.6 is 0 Å². The lowest BCUT2D eigenvalue weighted by Crippen LogP contribution is -2.57. The molecule has 0 aromatic carbocycles. The number of hydrogen-bond acceptors (Lipinski definition) is 6. The minimum atomic E-state index is -0.880. The number of rotatable bonds is 6. The van der Waals surface area contributed by atoms with E-state index in [2.05, 4.69) is 17.2 Å². The summed E-state index contributed by atoms with van der Waals surface area (Å²) in [5.74, 6) is -0.427. The minimum absolute atomic E-state index is 0.244. The highest BCUT2D eigenvalue weighted by Gasteiger charge is 2.39. The lowest BCUT2D eigenvalue weighted by atomic mass is 9.91. The van der Waals surface area contributed by atoms with E-state index < -0.39 is 29.7 Å². The molecule has 0 radical (unpaired) electrons. The standard InChI is InChI=1S/C22H33N3O5/c1-6-29-20(27)18-12-15(2)9-11-25(18)19(26)17(13-16-8-7-10-23-14-16)24-21(28)30-22(3,4)5/h7-8,10,14-15,17-18H,6,9,11-13H2,1-5H3,(H,24,28)/t15-,17+,18-/m1/s1. The Hall–Kier alpha value is -2.64. The summed E-state index contributed by atoms with van der Waals surface area (Å²) in [6, 6.07) is 2.08. The fourth-order valence-corrected chi connectivity index (χ4v) is 3.47. The lowest BCUT2D eigenvalue weighted by molar-refractivity contribution is -0.158. The average molecular weight is 420 g/mol. The Bertz CT molecular complexity index is 732. The Morgan fingerprint density at radius 3 is 2.67 bits per heavy atom. The summed E-state index contributed by atoms with van der Waals surface area (Å²) in [4.78, 5) is 44.0. The summed E-state index contributed by atoms with van der Waals surface area (Å²) < 4.78 is 10.5. The van der Waals surface area contributed by atoms with Crippen LogP contribution in [-0.4, -0.2) is 58.7 Å². The summed E-state index contributed by atoms with van der Waals surface area (Å²) >= 11 is 0. The molecule has 166 valence electrons. The van der Waals surface area contributed by atoms with Crippen molar-refractivity contribution in [3.8, 4) is 0 Å². The molecule has 1 saturated heterocycles. The van der Waals surface area contributed by atoms with Crippen molar-refractivity contribution >= 4 is 18.0 Å². The number of nitrogens with one attached hydrogen (secondary N) is 1. The third-order valence-electron chi connectivity index (χ3n) is 4.86. The van der Waals surface area contributed by atoms with Crippen LogP contribution in [0.25, 0.3) is 0 Å². The molecule has 2 heterocycles. The van der Waals surface area contributed by atoms with Crippen molar-refractivity contribution < 1.29 is 23.9 Å². The number of esters is 1. The number of hydrogen-bond donors (Lipinski definition) is 1. The van der Waals surface area contributed by atoms with E-state index in [-0.39, 0.29) is 18.9 Å². The van der Waals surface area contributed by atoms with Gasteiger partial charge in [0.05, 0.1) is 6.61 Å². The van der Waals surface area contributed by atoms with E-state index in [0.717, 1.165) is 12.0 Å². The topological polar surface area (TPSA) is 97.8 Å². The van der Waals surface area contributed by atoms with Crippen LogP contribution in [0.2, 0.25) is 0 Å². The monoisotopic (exact) mass is 419 g/mol. The van der Waals surface area contributed by atoms with Crippen LogP contribution in [-0.2, 0) is 25.5 Å². The highest BCUT2D eigenvalue weighted by molar-refractivity contribution is 5.90. The highest BCUT2D eigenvalue weighted by Crippen LogP contribution is 2.25. The van der Waals surface area contributed by atoms with E-state index in [1.807, 2.05) is 6.07 Å². The maximum absolute atomic E-state index is 13.5. The smallest absolute Gasteiger partial charge is 0.408 e. The highest BCUT2D eigenvalue weighted by atomic mass is 16.6. The second kappa shape index (κ2) is 10.4. The summed E-state index contributed by atoms with van der Waals surface area (Å²) in [5.41, 5.74) is 0.102. The van der Waals surface area contributed by atoms with E-state index >= 15 is 0 Å². The van der Waals surface area contributed by atoms with Crippen molar-refractivity contribution in [3.63, 3.8) is 0 Å².